The van der Waals surface area contributed by atoms with Crippen molar-refractivity contribution in [3.8, 4) is 5.75 Å². The molecule has 2 aromatic rings. The zero-order valence-corrected chi connectivity index (χ0v) is 10.0. The summed E-state index contributed by atoms with van der Waals surface area (Å²) < 4.78 is 6.15. The Bertz CT molecular complexity index is 602. The lowest BCUT2D eigenvalue weighted by Gasteiger charge is -2.35. The van der Waals surface area contributed by atoms with E-state index < -0.39 is 0 Å². The first kappa shape index (κ1) is 9.29. The highest BCUT2D eigenvalue weighted by Gasteiger charge is 2.62. The van der Waals surface area contributed by atoms with Crippen molar-refractivity contribution in [2.24, 2.45) is 0 Å². The minimum Gasteiger partial charge on any atom is -0.472 e. The lowest BCUT2D eigenvalue weighted by Crippen LogP contribution is -2.31. The Hall–Kier alpha value is -1.76. The Labute approximate surface area is 101 Å². The van der Waals surface area contributed by atoms with Crippen molar-refractivity contribution in [3.05, 3.63) is 64.7 Å². The number of hydrogen-bond acceptors (Lipinski definition) is 1. The molecule has 0 unspecified atom stereocenters. The first-order chi connectivity index (χ1) is 8.25. The van der Waals surface area contributed by atoms with Crippen molar-refractivity contribution >= 4 is 0 Å². The summed E-state index contributed by atoms with van der Waals surface area (Å²) in [5, 5.41) is 0. The smallest absolute Gasteiger partial charge is 0.189 e. The van der Waals surface area contributed by atoms with Crippen LogP contribution < -0.4 is 4.74 Å². The summed E-state index contributed by atoms with van der Waals surface area (Å²) in [6, 6.07) is 15.0. The third-order valence-corrected chi connectivity index (χ3v) is 3.93. The topological polar surface area (TPSA) is 9.23 Å². The van der Waals surface area contributed by atoms with Crippen LogP contribution in [0, 0.1) is 0 Å². The van der Waals surface area contributed by atoms with Crippen LogP contribution in [0.5, 0.6) is 5.75 Å². The molecule has 0 atom stereocenters. The van der Waals surface area contributed by atoms with E-state index in [1.807, 2.05) is 0 Å². The second-order valence-electron chi connectivity index (χ2n) is 5.21. The number of rotatable bonds is 1. The Morgan fingerprint density at radius 1 is 0.882 bits per heavy atom. The molecule has 1 nitrogen and oxygen atoms in total. The van der Waals surface area contributed by atoms with Crippen molar-refractivity contribution in [1.29, 1.82) is 0 Å². The van der Waals surface area contributed by atoms with Gasteiger partial charge in [0, 0.05) is 16.7 Å². The molecule has 1 aliphatic carbocycles. The minimum absolute atomic E-state index is 0.163. The fourth-order valence-corrected chi connectivity index (χ4v) is 2.98. The van der Waals surface area contributed by atoms with Gasteiger partial charge in [-0.15, -0.1) is 0 Å². The van der Waals surface area contributed by atoms with Crippen LogP contribution in [-0.4, -0.2) is 0 Å². The maximum absolute atomic E-state index is 6.15. The summed E-state index contributed by atoms with van der Waals surface area (Å²) in [5.74, 6) is 1.63. The molecule has 1 heterocycles. The second kappa shape index (κ2) is 2.73. The standard InChI is InChI=1S/C16H14O/c1-10(2)11-6-5-9-14-15(11)17-16(14)12-7-3-4-8-13(12)16/h3-10H,1-2H3. The van der Waals surface area contributed by atoms with Gasteiger partial charge in [-0.05, 0) is 11.5 Å². The van der Waals surface area contributed by atoms with E-state index in [0.717, 1.165) is 5.75 Å². The SMILES string of the molecule is CC(C)c1cccc2c1OC21c2ccccc21. The van der Waals surface area contributed by atoms with Gasteiger partial charge in [0.1, 0.15) is 5.75 Å². The molecule has 1 spiro atoms. The number of ether oxygens (including phenoxy) is 1. The Kier molecular flexibility index (Phi) is 1.49. The van der Waals surface area contributed by atoms with E-state index >= 15 is 0 Å². The zero-order valence-electron chi connectivity index (χ0n) is 10.0. The van der Waals surface area contributed by atoms with E-state index in [-0.39, 0.29) is 5.60 Å². The van der Waals surface area contributed by atoms with Gasteiger partial charge >= 0.3 is 0 Å². The van der Waals surface area contributed by atoms with Crippen LogP contribution in [0.2, 0.25) is 0 Å². The molecular weight excluding hydrogens is 208 g/mol. The summed E-state index contributed by atoms with van der Waals surface area (Å²) in [6.07, 6.45) is 0. The van der Waals surface area contributed by atoms with Gasteiger partial charge in [-0.1, -0.05) is 56.3 Å². The molecule has 0 amide bonds. The van der Waals surface area contributed by atoms with Crippen molar-refractivity contribution < 1.29 is 4.74 Å². The molecule has 0 radical (unpaired) electrons. The summed E-state index contributed by atoms with van der Waals surface area (Å²) in [7, 11) is 0. The highest BCUT2D eigenvalue weighted by molar-refractivity contribution is 5.74. The predicted molar refractivity (Wildman–Crippen MR) is 67.5 cm³/mol. The summed E-state index contributed by atoms with van der Waals surface area (Å²) in [4.78, 5) is 0. The van der Waals surface area contributed by atoms with E-state index in [0.29, 0.717) is 5.92 Å². The van der Waals surface area contributed by atoms with Gasteiger partial charge in [0.25, 0.3) is 0 Å². The first-order valence-corrected chi connectivity index (χ1v) is 6.17. The van der Waals surface area contributed by atoms with Crippen molar-refractivity contribution in [2.75, 3.05) is 0 Å². The van der Waals surface area contributed by atoms with Gasteiger partial charge in [-0.2, -0.15) is 0 Å². The van der Waals surface area contributed by atoms with Crippen LogP contribution in [0.4, 0.5) is 0 Å². The monoisotopic (exact) mass is 222 g/mol. The van der Waals surface area contributed by atoms with E-state index in [1.54, 1.807) is 0 Å². The number of hydrogen-bond donors (Lipinski definition) is 0. The maximum atomic E-state index is 6.15. The zero-order chi connectivity index (χ0) is 11.6. The molecule has 0 bridgehead atoms. The minimum atomic E-state index is -0.163. The molecule has 0 fully saturated rings. The van der Waals surface area contributed by atoms with Crippen molar-refractivity contribution in [2.45, 2.75) is 25.4 Å². The maximum Gasteiger partial charge on any atom is 0.189 e. The van der Waals surface area contributed by atoms with Crippen LogP contribution in [0.3, 0.4) is 0 Å². The third kappa shape index (κ3) is 0.917. The molecular formula is C16H14O. The molecule has 0 N–H and O–H groups in total. The summed E-state index contributed by atoms with van der Waals surface area (Å²) in [5.41, 5.74) is 5.20. The quantitative estimate of drug-likeness (QED) is 0.713. The fourth-order valence-electron chi connectivity index (χ4n) is 2.98. The highest BCUT2D eigenvalue weighted by Crippen LogP contribution is 2.64. The Balaban J connectivity index is 1.87. The molecule has 0 saturated heterocycles. The number of para-hydroxylation sites is 1. The predicted octanol–water partition coefficient (Wildman–Crippen LogP) is 3.81. The van der Waals surface area contributed by atoms with Crippen LogP contribution in [0.25, 0.3) is 0 Å². The highest BCUT2D eigenvalue weighted by atomic mass is 16.5. The van der Waals surface area contributed by atoms with Gasteiger partial charge in [0.15, 0.2) is 5.60 Å². The lowest BCUT2D eigenvalue weighted by molar-refractivity contribution is 0.141. The van der Waals surface area contributed by atoms with E-state index in [2.05, 4.69) is 56.3 Å². The molecule has 17 heavy (non-hydrogen) atoms. The second-order valence-corrected chi connectivity index (χ2v) is 5.21. The molecule has 0 aromatic heterocycles. The largest absolute Gasteiger partial charge is 0.472 e. The van der Waals surface area contributed by atoms with Gasteiger partial charge in [-0.25, -0.2) is 0 Å². The summed E-state index contributed by atoms with van der Waals surface area (Å²) in [6.45, 7) is 4.42. The molecule has 2 aromatic carbocycles. The molecule has 1 heteroatoms. The van der Waals surface area contributed by atoms with E-state index in [9.17, 15) is 0 Å². The fraction of sp³-hybridized carbons (Fsp3) is 0.250. The van der Waals surface area contributed by atoms with Gasteiger partial charge in [0.05, 0.1) is 0 Å². The van der Waals surface area contributed by atoms with Crippen LogP contribution in [0.15, 0.2) is 42.5 Å². The van der Waals surface area contributed by atoms with Gasteiger partial charge in [-0.3, -0.25) is 0 Å². The third-order valence-electron chi connectivity index (χ3n) is 3.93. The van der Waals surface area contributed by atoms with Crippen LogP contribution in [-0.2, 0) is 5.60 Å². The number of benzene rings is 2. The van der Waals surface area contributed by atoms with Crippen molar-refractivity contribution in [1.82, 2.24) is 0 Å². The van der Waals surface area contributed by atoms with Crippen molar-refractivity contribution in [3.63, 3.8) is 0 Å². The van der Waals surface area contributed by atoms with Crippen LogP contribution >= 0.6 is 0 Å². The molecule has 2 aliphatic rings. The molecule has 84 valence electrons. The molecule has 0 saturated carbocycles. The van der Waals surface area contributed by atoms with Crippen LogP contribution in [0.1, 0.15) is 42.0 Å². The summed E-state index contributed by atoms with van der Waals surface area (Å²) >= 11 is 0. The average Bonchev–Trinajstić information content (AvgIpc) is 2.99. The Morgan fingerprint density at radius 2 is 1.53 bits per heavy atom. The first-order valence-electron chi connectivity index (χ1n) is 6.17. The molecule has 1 aliphatic heterocycles. The van der Waals surface area contributed by atoms with E-state index in [1.165, 1.54) is 22.3 Å². The lowest BCUT2D eigenvalue weighted by atomic mass is 9.90. The molecule has 4 rings (SSSR count). The number of fused-ring (bicyclic) bond motifs is 5. The Morgan fingerprint density at radius 3 is 2.18 bits per heavy atom. The van der Waals surface area contributed by atoms with Gasteiger partial charge in [0.2, 0.25) is 0 Å². The van der Waals surface area contributed by atoms with Gasteiger partial charge < -0.3 is 4.74 Å². The normalized spacial score (nSPS) is 17.1. The average molecular weight is 222 g/mol. The van der Waals surface area contributed by atoms with E-state index in [4.69, 9.17) is 4.74 Å².